The number of hydrogen-bond donors (Lipinski definition) is 1. The van der Waals surface area contributed by atoms with Crippen molar-refractivity contribution in [2.24, 2.45) is 0 Å². The molecule has 23 heavy (non-hydrogen) atoms. The van der Waals surface area contributed by atoms with E-state index in [2.05, 4.69) is 13.8 Å². The van der Waals surface area contributed by atoms with Crippen LogP contribution in [0.3, 0.4) is 0 Å². The second-order valence-corrected chi connectivity index (χ2v) is 6.35. The van der Waals surface area contributed by atoms with E-state index < -0.39 is 5.97 Å². The summed E-state index contributed by atoms with van der Waals surface area (Å²) in [6.45, 7) is 8.22. The summed E-state index contributed by atoms with van der Waals surface area (Å²) < 4.78 is 5.78. The third kappa shape index (κ3) is 3.89. The van der Waals surface area contributed by atoms with Crippen molar-refractivity contribution < 1.29 is 19.1 Å². The Morgan fingerprint density at radius 3 is 2.30 bits per heavy atom. The van der Waals surface area contributed by atoms with Crippen LogP contribution >= 0.6 is 0 Å². The first kappa shape index (κ1) is 17.0. The number of carbonyl (C=O) groups excluding carboxylic acids is 1. The molecule has 0 amide bonds. The maximum absolute atomic E-state index is 12.5. The van der Waals surface area contributed by atoms with Crippen molar-refractivity contribution in [3.63, 3.8) is 0 Å². The van der Waals surface area contributed by atoms with Crippen LogP contribution in [0.4, 0.5) is 0 Å². The third-order valence-corrected chi connectivity index (χ3v) is 3.75. The molecule has 2 aromatic rings. The highest BCUT2D eigenvalue weighted by Crippen LogP contribution is 2.30. The van der Waals surface area contributed by atoms with Crippen molar-refractivity contribution in [3.8, 4) is 0 Å². The first-order chi connectivity index (χ1) is 10.8. The van der Waals surface area contributed by atoms with E-state index in [1.54, 1.807) is 12.1 Å². The van der Waals surface area contributed by atoms with E-state index in [-0.39, 0.29) is 29.6 Å². The van der Waals surface area contributed by atoms with Gasteiger partial charge in [0, 0.05) is 12.3 Å². The molecule has 0 fully saturated rings. The van der Waals surface area contributed by atoms with Crippen molar-refractivity contribution in [1.29, 1.82) is 0 Å². The Bertz CT molecular complexity index is 697. The minimum absolute atomic E-state index is 0.129. The molecule has 1 aromatic heterocycles. The number of hydrogen-bond acceptors (Lipinski definition) is 3. The van der Waals surface area contributed by atoms with E-state index in [1.165, 1.54) is 12.1 Å². The number of Topliss-reactive ketones (excluding diaryl/α,β-unsaturated/α-hetero) is 1. The average Bonchev–Trinajstić information content (AvgIpc) is 2.93. The Morgan fingerprint density at radius 2 is 1.78 bits per heavy atom. The smallest absolute Gasteiger partial charge is 0.335 e. The van der Waals surface area contributed by atoms with E-state index in [1.807, 2.05) is 19.9 Å². The Balaban J connectivity index is 2.26. The molecule has 0 saturated carbocycles. The van der Waals surface area contributed by atoms with E-state index in [0.717, 1.165) is 11.3 Å². The number of benzene rings is 1. The van der Waals surface area contributed by atoms with Crippen LogP contribution in [0.2, 0.25) is 0 Å². The number of carboxylic acids is 1. The number of rotatable bonds is 6. The topological polar surface area (TPSA) is 67.5 Å². The second-order valence-electron chi connectivity index (χ2n) is 6.35. The normalized spacial score (nSPS) is 11.2. The predicted octanol–water partition coefficient (Wildman–Crippen LogP) is 4.65. The van der Waals surface area contributed by atoms with Gasteiger partial charge in [0.05, 0.1) is 5.56 Å². The number of carbonyl (C=O) groups is 2. The first-order valence-electron chi connectivity index (χ1n) is 7.78. The van der Waals surface area contributed by atoms with E-state index >= 15 is 0 Å². The van der Waals surface area contributed by atoms with Crippen molar-refractivity contribution in [3.05, 3.63) is 58.5 Å². The summed E-state index contributed by atoms with van der Waals surface area (Å²) in [5.41, 5.74) is 1.91. The Hall–Kier alpha value is -2.36. The number of carboxylic acid groups (broad SMARTS) is 1. The minimum Gasteiger partial charge on any atom is -0.478 e. The van der Waals surface area contributed by atoms with Crippen molar-refractivity contribution in [2.75, 3.05) is 0 Å². The third-order valence-electron chi connectivity index (χ3n) is 3.75. The molecule has 0 aliphatic rings. The predicted molar refractivity (Wildman–Crippen MR) is 88.3 cm³/mol. The minimum atomic E-state index is -0.999. The molecule has 0 spiro atoms. The van der Waals surface area contributed by atoms with Gasteiger partial charge >= 0.3 is 5.97 Å². The van der Waals surface area contributed by atoms with Gasteiger partial charge < -0.3 is 9.52 Å². The zero-order valence-corrected chi connectivity index (χ0v) is 13.9. The molecule has 1 heterocycles. The monoisotopic (exact) mass is 314 g/mol. The van der Waals surface area contributed by atoms with Crippen molar-refractivity contribution in [1.82, 2.24) is 0 Å². The highest BCUT2D eigenvalue weighted by molar-refractivity contribution is 5.96. The fraction of sp³-hybridized carbons (Fsp3) is 0.368. The zero-order valence-electron chi connectivity index (χ0n) is 13.9. The van der Waals surface area contributed by atoms with Gasteiger partial charge in [-0.2, -0.15) is 0 Å². The molecule has 0 bridgehead atoms. The maximum Gasteiger partial charge on any atom is 0.335 e. The summed E-state index contributed by atoms with van der Waals surface area (Å²) in [6, 6.07) is 8.25. The molecule has 0 aliphatic carbocycles. The molecule has 0 atom stereocenters. The number of furan rings is 1. The zero-order chi connectivity index (χ0) is 17.1. The summed E-state index contributed by atoms with van der Waals surface area (Å²) in [5, 5.41) is 9.02. The van der Waals surface area contributed by atoms with E-state index in [4.69, 9.17) is 9.52 Å². The highest BCUT2D eigenvalue weighted by atomic mass is 16.4. The van der Waals surface area contributed by atoms with Gasteiger partial charge in [0.2, 0.25) is 5.78 Å². The fourth-order valence-corrected chi connectivity index (χ4v) is 2.55. The largest absolute Gasteiger partial charge is 0.478 e. The molecule has 2 rings (SSSR count). The summed E-state index contributed by atoms with van der Waals surface area (Å²) >= 11 is 0. The van der Waals surface area contributed by atoms with Crippen LogP contribution in [0.1, 0.15) is 77.3 Å². The van der Waals surface area contributed by atoms with E-state index in [9.17, 15) is 9.59 Å². The fourth-order valence-electron chi connectivity index (χ4n) is 2.55. The van der Waals surface area contributed by atoms with Gasteiger partial charge in [-0.15, -0.1) is 0 Å². The van der Waals surface area contributed by atoms with Crippen LogP contribution < -0.4 is 0 Å². The molecule has 1 N–H and O–H groups in total. The lowest BCUT2D eigenvalue weighted by molar-refractivity contribution is 0.0696. The van der Waals surface area contributed by atoms with Crippen LogP contribution in [-0.2, 0) is 6.42 Å². The number of aromatic carboxylic acids is 1. The summed E-state index contributed by atoms with van der Waals surface area (Å²) in [7, 11) is 0. The Labute approximate surface area is 136 Å². The van der Waals surface area contributed by atoms with Gasteiger partial charge in [0.1, 0.15) is 5.76 Å². The number of ketones is 1. The van der Waals surface area contributed by atoms with Crippen LogP contribution in [0.15, 0.2) is 34.7 Å². The van der Waals surface area contributed by atoms with Gasteiger partial charge in [-0.1, -0.05) is 39.8 Å². The molecule has 0 radical (unpaired) electrons. The highest BCUT2D eigenvalue weighted by Gasteiger charge is 2.20. The standard InChI is InChI=1S/C19H22O4/c1-11(2)15-10-17(23-18(15)12(3)4)16(20)9-13-6-5-7-14(8-13)19(21)22/h5-8,10-12H,9H2,1-4H3,(H,21,22). The summed E-state index contributed by atoms with van der Waals surface area (Å²) in [6.07, 6.45) is 0.129. The Morgan fingerprint density at radius 1 is 1.09 bits per heavy atom. The lowest BCUT2D eigenvalue weighted by atomic mass is 9.97. The average molecular weight is 314 g/mol. The molecule has 122 valence electrons. The lowest BCUT2D eigenvalue weighted by Gasteiger charge is -2.07. The van der Waals surface area contributed by atoms with E-state index in [0.29, 0.717) is 11.3 Å². The van der Waals surface area contributed by atoms with Crippen LogP contribution in [0.5, 0.6) is 0 Å². The first-order valence-corrected chi connectivity index (χ1v) is 7.78. The molecule has 0 saturated heterocycles. The molecule has 0 unspecified atom stereocenters. The van der Waals surface area contributed by atoms with Gasteiger partial charge in [0.15, 0.2) is 5.76 Å². The van der Waals surface area contributed by atoms with Crippen molar-refractivity contribution >= 4 is 11.8 Å². The molecule has 1 aromatic carbocycles. The summed E-state index contributed by atoms with van der Waals surface area (Å²) in [4.78, 5) is 23.5. The lowest BCUT2D eigenvalue weighted by Crippen LogP contribution is -2.04. The van der Waals surface area contributed by atoms with Crippen LogP contribution in [0.25, 0.3) is 0 Å². The van der Waals surface area contributed by atoms with Crippen LogP contribution in [0, 0.1) is 0 Å². The maximum atomic E-state index is 12.5. The molecular weight excluding hydrogens is 292 g/mol. The molecule has 0 aliphatic heterocycles. The Kier molecular flexibility index (Phi) is 5.04. The van der Waals surface area contributed by atoms with Gasteiger partial charge in [-0.3, -0.25) is 4.79 Å². The summed E-state index contributed by atoms with van der Waals surface area (Å²) in [5.74, 6) is 0.556. The van der Waals surface area contributed by atoms with Crippen molar-refractivity contribution in [2.45, 2.75) is 46.0 Å². The second kappa shape index (κ2) is 6.82. The quantitative estimate of drug-likeness (QED) is 0.788. The van der Waals surface area contributed by atoms with Crippen LogP contribution in [-0.4, -0.2) is 16.9 Å². The van der Waals surface area contributed by atoms with Gasteiger partial charge in [0.25, 0.3) is 0 Å². The molecule has 4 nitrogen and oxygen atoms in total. The molecular formula is C19H22O4. The van der Waals surface area contributed by atoms with Gasteiger partial charge in [-0.05, 0) is 35.2 Å². The van der Waals surface area contributed by atoms with Gasteiger partial charge in [-0.25, -0.2) is 4.79 Å². The molecule has 4 heteroatoms. The SMILES string of the molecule is CC(C)c1cc(C(=O)Cc2cccc(C(=O)O)c2)oc1C(C)C.